The molecule has 0 aliphatic rings. The first-order valence-corrected chi connectivity index (χ1v) is 17.3. The first kappa shape index (κ1) is 29.1. The first-order valence-electron chi connectivity index (χ1n) is 17.3. The Kier molecular flexibility index (Phi) is 6.81. The van der Waals surface area contributed by atoms with Gasteiger partial charge in [0.15, 0.2) is 5.82 Å². The van der Waals surface area contributed by atoms with Gasteiger partial charge in [0.25, 0.3) is 0 Å². The summed E-state index contributed by atoms with van der Waals surface area (Å²) >= 11 is 0. The van der Waals surface area contributed by atoms with Crippen LogP contribution in [0.3, 0.4) is 0 Å². The zero-order chi connectivity index (χ0) is 33.7. The van der Waals surface area contributed by atoms with Crippen LogP contribution in [0.15, 0.2) is 188 Å². The van der Waals surface area contributed by atoms with E-state index < -0.39 is 0 Å². The SMILES string of the molecule is c1ccc(-c2nc(-c3ccc(-c4ccc(-c5ccc(-n6c7ccccc7c7ccccc76)cc5)c5ccccc45)cc3)nc3ccccc23)cc1. The van der Waals surface area contributed by atoms with E-state index >= 15 is 0 Å². The standard InChI is InChI=1S/C48H31N3/c1-2-12-34(13-3-1)47-43-18-6-9-19-44(43)49-48(50-47)35-24-22-32(23-25-35)37-30-31-38(40-15-5-4-14-39(37)40)33-26-28-36(29-27-33)51-45-20-10-7-16-41(45)42-17-8-11-21-46(42)51/h1-31H. The lowest BCUT2D eigenvalue weighted by Gasteiger charge is -2.14. The number of rotatable bonds is 5. The van der Waals surface area contributed by atoms with Crippen LogP contribution in [0.25, 0.3) is 94.1 Å². The van der Waals surface area contributed by atoms with Crippen molar-refractivity contribution in [1.29, 1.82) is 0 Å². The molecule has 3 nitrogen and oxygen atoms in total. The van der Waals surface area contributed by atoms with Crippen molar-refractivity contribution in [3.63, 3.8) is 0 Å². The average molecular weight is 650 g/mol. The van der Waals surface area contributed by atoms with Crippen molar-refractivity contribution >= 4 is 43.5 Å². The number of hydrogen-bond acceptors (Lipinski definition) is 2. The van der Waals surface area contributed by atoms with Gasteiger partial charge in [0.1, 0.15) is 0 Å². The van der Waals surface area contributed by atoms with Crippen LogP contribution in [0.1, 0.15) is 0 Å². The molecule has 0 spiro atoms. The van der Waals surface area contributed by atoms with E-state index in [1.54, 1.807) is 0 Å². The molecule has 2 aromatic heterocycles. The van der Waals surface area contributed by atoms with E-state index in [4.69, 9.17) is 9.97 Å². The van der Waals surface area contributed by atoms with Crippen molar-refractivity contribution in [2.45, 2.75) is 0 Å². The summed E-state index contributed by atoms with van der Waals surface area (Å²) in [5.74, 6) is 0.726. The molecule has 2 heterocycles. The summed E-state index contributed by atoms with van der Waals surface area (Å²) in [7, 11) is 0. The molecule has 3 heteroatoms. The minimum Gasteiger partial charge on any atom is -0.309 e. The molecule has 0 aliphatic heterocycles. The van der Waals surface area contributed by atoms with E-state index in [-0.39, 0.29) is 0 Å². The predicted octanol–water partition coefficient (Wildman–Crippen LogP) is 12.5. The Bertz CT molecular complexity index is 2830. The van der Waals surface area contributed by atoms with E-state index in [0.717, 1.165) is 44.8 Å². The summed E-state index contributed by atoms with van der Waals surface area (Å²) in [5.41, 5.74) is 12.3. The third kappa shape index (κ3) is 4.90. The molecule has 0 aliphatic carbocycles. The highest BCUT2D eigenvalue weighted by molar-refractivity contribution is 6.09. The molecule has 0 radical (unpaired) electrons. The van der Waals surface area contributed by atoms with E-state index in [2.05, 4.69) is 174 Å². The maximum atomic E-state index is 5.08. The van der Waals surface area contributed by atoms with Crippen molar-refractivity contribution in [1.82, 2.24) is 14.5 Å². The topological polar surface area (TPSA) is 30.7 Å². The summed E-state index contributed by atoms with van der Waals surface area (Å²) in [4.78, 5) is 10.0. The van der Waals surface area contributed by atoms with Gasteiger partial charge in [-0.2, -0.15) is 0 Å². The van der Waals surface area contributed by atoms with Gasteiger partial charge in [-0.25, -0.2) is 9.97 Å². The van der Waals surface area contributed by atoms with Gasteiger partial charge in [0, 0.05) is 33.0 Å². The molecule has 0 amide bonds. The maximum Gasteiger partial charge on any atom is 0.160 e. The molecule has 238 valence electrons. The van der Waals surface area contributed by atoms with Gasteiger partial charge in [0.2, 0.25) is 0 Å². The lowest BCUT2D eigenvalue weighted by molar-refractivity contribution is 1.18. The Morgan fingerprint density at radius 1 is 0.314 bits per heavy atom. The number of benzene rings is 8. The van der Waals surface area contributed by atoms with Crippen LogP contribution < -0.4 is 0 Å². The van der Waals surface area contributed by atoms with Crippen molar-refractivity contribution in [3.05, 3.63) is 188 Å². The monoisotopic (exact) mass is 649 g/mol. The molecule has 0 saturated carbocycles. The largest absolute Gasteiger partial charge is 0.309 e. The van der Waals surface area contributed by atoms with Crippen molar-refractivity contribution < 1.29 is 0 Å². The van der Waals surface area contributed by atoms with Gasteiger partial charge >= 0.3 is 0 Å². The summed E-state index contributed by atoms with van der Waals surface area (Å²) in [6, 6.07) is 66.8. The second-order valence-electron chi connectivity index (χ2n) is 13.0. The number of aromatic nitrogens is 3. The molecule has 0 saturated heterocycles. The number of nitrogens with zero attached hydrogens (tertiary/aromatic N) is 3. The molecular weight excluding hydrogens is 619 g/mol. The highest BCUT2D eigenvalue weighted by atomic mass is 15.0. The molecule has 10 aromatic rings. The predicted molar refractivity (Wildman–Crippen MR) is 213 cm³/mol. The number of hydrogen-bond donors (Lipinski definition) is 0. The average Bonchev–Trinajstić information content (AvgIpc) is 3.55. The summed E-state index contributed by atoms with van der Waals surface area (Å²) in [5, 5.41) is 6.05. The van der Waals surface area contributed by atoms with Crippen LogP contribution in [0, 0.1) is 0 Å². The van der Waals surface area contributed by atoms with Gasteiger partial charge in [-0.15, -0.1) is 0 Å². The van der Waals surface area contributed by atoms with Crippen LogP contribution in [0.4, 0.5) is 0 Å². The zero-order valence-corrected chi connectivity index (χ0v) is 27.7. The van der Waals surface area contributed by atoms with Crippen molar-refractivity contribution in [3.8, 4) is 50.6 Å². The van der Waals surface area contributed by atoms with Crippen molar-refractivity contribution in [2.24, 2.45) is 0 Å². The van der Waals surface area contributed by atoms with E-state index in [1.165, 1.54) is 49.3 Å². The van der Waals surface area contributed by atoms with Crippen LogP contribution in [0.5, 0.6) is 0 Å². The minimum atomic E-state index is 0.726. The molecule has 0 atom stereocenters. The molecule has 0 fully saturated rings. The molecule has 51 heavy (non-hydrogen) atoms. The smallest absolute Gasteiger partial charge is 0.160 e. The fraction of sp³-hybridized carbons (Fsp3) is 0. The summed E-state index contributed by atoms with van der Waals surface area (Å²) in [6.45, 7) is 0. The van der Waals surface area contributed by atoms with Gasteiger partial charge in [-0.1, -0.05) is 158 Å². The maximum absolute atomic E-state index is 5.08. The first-order chi connectivity index (χ1) is 25.3. The fourth-order valence-corrected chi connectivity index (χ4v) is 7.61. The summed E-state index contributed by atoms with van der Waals surface area (Å²) < 4.78 is 2.37. The molecular formula is C48H31N3. The van der Waals surface area contributed by atoms with E-state index in [0.29, 0.717) is 0 Å². The third-order valence-electron chi connectivity index (χ3n) is 10.0. The molecule has 0 N–H and O–H groups in total. The Morgan fingerprint density at radius 2 is 0.784 bits per heavy atom. The summed E-state index contributed by atoms with van der Waals surface area (Å²) in [6.07, 6.45) is 0. The van der Waals surface area contributed by atoms with E-state index in [9.17, 15) is 0 Å². The van der Waals surface area contributed by atoms with Crippen LogP contribution >= 0.6 is 0 Å². The quantitative estimate of drug-likeness (QED) is 0.186. The number of fused-ring (bicyclic) bond motifs is 5. The van der Waals surface area contributed by atoms with Crippen LogP contribution in [-0.2, 0) is 0 Å². The highest BCUT2D eigenvalue weighted by Gasteiger charge is 2.15. The lowest BCUT2D eigenvalue weighted by Crippen LogP contribution is -1.95. The zero-order valence-electron chi connectivity index (χ0n) is 27.7. The second kappa shape index (κ2) is 11.9. The second-order valence-corrected chi connectivity index (χ2v) is 13.0. The number of para-hydroxylation sites is 3. The van der Waals surface area contributed by atoms with Crippen LogP contribution in [0.2, 0.25) is 0 Å². The van der Waals surface area contributed by atoms with Gasteiger partial charge in [-0.3, -0.25) is 0 Å². The van der Waals surface area contributed by atoms with E-state index in [1.807, 2.05) is 18.2 Å². The molecule has 10 rings (SSSR count). The fourth-order valence-electron chi connectivity index (χ4n) is 7.61. The van der Waals surface area contributed by atoms with Crippen LogP contribution in [-0.4, -0.2) is 14.5 Å². The molecule has 0 bridgehead atoms. The highest BCUT2D eigenvalue weighted by Crippen LogP contribution is 2.38. The van der Waals surface area contributed by atoms with Gasteiger partial charge in [-0.05, 0) is 63.4 Å². The Morgan fingerprint density at radius 3 is 1.39 bits per heavy atom. The minimum absolute atomic E-state index is 0.726. The Hall–Kier alpha value is -6.84. The van der Waals surface area contributed by atoms with Gasteiger partial charge in [0.05, 0.1) is 22.2 Å². The third-order valence-corrected chi connectivity index (χ3v) is 10.0. The molecule has 0 unspecified atom stereocenters. The normalized spacial score (nSPS) is 11.5. The Labute approximate surface area is 295 Å². The lowest BCUT2D eigenvalue weighted by atomic mass is 9.92. The Balaban J connectivity index is 1.02. The van der Waals surface area contributed by atoms with Crippen molar-refractivity contribution in [2.75, 3.05) is 0 Å². The van der Waals surface area contributed by atoms with Gasteiger partial charge < -0.3 is 4.57 Å². The molecule has 8 aromatic carbocycles.